The number of hydrogen-bond acceptors (Lipinski definition) is 4. The number of nitrogens with one attached hydrogen (secondary N) is 1. The molecule has 1 heterocycles. The highest BCUT2D eigenvalue weighted by Crippen LogP contribution is 2.67. The van der Waals surface area contributed by atoms with E-state index in [1.54, 1.807) is 24.5 Å². The SMILES string of the molecule is C/C(=N\NC(=O)c1ccncc1)[C@@H]1CC[C@@H]2[C@@H]3CC[C@H]4C[C@H](O)CC[C@]4(C)[C@@H]3CC[C@]21C. The van der Waals surface area contributed by atoms with Gasteiger partial charge in [-0.05, 0) is 111 Å². The van der Waals surface area contributed by atoms with Crippen LogP contribution in [0.5, 0.6) is 0 Å². The van der Waals surface area contributed by atoms with Gasteiger partial charge in [0.2, 0.25) is 0 Å². The van der Waals surface area contributed by atoms with E-state index in [4.69, 9.17) is 0 Å². The first-order valence-corrected chi connectivity index (χ1v) is 12.8. The van der Waals surface area contributed by atoms with E-state index in [9.17, 15) is 9.90 Å². The third kappa shape index (κ3) is 3.52. The Morgan fingerprint density at radius 2 is 1.75 bits per heavy atom. The van der Waals surface area contributed by atoms with Crippen LogP contribution >= 0.6 is 0 Å². The molecule has 5 heteroatoms. The van der Waals surface area contributed by atoms with Gasteiger partial charge in [0.05, 0.1) is 6.10 Å². The molecule has 0 unspecified atom stereocenters. The van der Waals surface area contributed by atoms with Gasteiger partial charge in [-0.15, -0.1) is 0 Å². The average Bonchev–Trinajstić information content (AvgIpc) is 3.15. The van der Waals surface area contributed by atoms with E-state index < -0.39 is 0 Å². The molecule has 4 saturated carbocycles. The number of nitrogens with zero attached hydrogens (tertiary/aromatic N) is 2. The van der Waals surface area contributed by atoms with Crippen molar-refractivity contribution in [3.8, 4) is 0 Å². The number of pyridine rings is 1. The Labute approximate surface area is 192 Å². The normalized spacial score (nSPS) is 43.7. The van der Waals surface area contributed by atoms with Gasteiger partial charge >= 0.3 is 0 Å². The summed E-state index contributed by atoms with van der Waals surface area (Å²) >= 11 is 0. The number of hydrazone groups is 1. The summed E-state index contributed by atoms with van der Waals surface area (Å²) in [5.41, 5.74) is 5.17. The molecule has 1 aromatic rings. The van der Waals surface area contributed by atoms with Gasteiger partial charge in [0.15, 0.2) is 0 Å². The summed E-state index contributed by atoms with van der Waals surface area (Å²) in [5.74, 6) is 3.38. The number of aliphatic hydroxyl groups is 1. The standard InChI is InChI=1S/C27H39N3O2/c1-17(29-30-25(32)18-10-14-28-15-11-18)22-6-7-23-21-5-4-19-16-20(31)8-12-26(19,2)24(21)9-13-27(22,23)3/h10-11,14-15,19-24,31H,4-9,12-13,16H2,1-3H3,(H,30,32)/b29-17+/t19-,20+,21-,22-,23+,24+,26-,27-/m0/s1. The monoisotopic (exact) mass is 437 g/mol. The van der Waals surface area contributed by atoms with Crippen molar-refractivity contribution in [2.45, 2.75) is 84.7 Å². The molecule has 0 saturated heterocycles. The van der Waals surface area contributed by atoms with Crippen molar-refractivity contribution in [2.24, 2.45) is 45.5 Å². The Hall–Kier alpha value is -1.75. The predicted octanol–water partition coefficient (Wildman–Crippen LogP) is 5.21. The maximum Gasteiger partial charge on any atom is 0.271 e. The number of fused-ring (bicyclic) bond motifs is 5. The van der Waals surface area contributed by atoms with E-state index in [2.05, 4.69) is 36.3 Å². The zero-order valence-corrected chi connectivity index (χ0v) is 19.9. The van der Waals surface area contributed by atoms with E-state index in [0.717, 1.165) is 36.3 Å². The summed E-state index contributed by atoms with van der Waals surface area (Å²) in [7, 11) is 0. The van der Waals surface area contributed by atoms with Crippen LogP contribution in [0, 0.1) is 40.4 Å². The van der Waals surface area contributed by atoms with Gasteiger partial charge in [-0.2, -0.15) is 5.10 Å². The molecule has 0 spiro atoms. The van der Waals surface area contributed by atoms with Crippen molar-refractivity contribution in [3.63, 3.8) is 0 Å². The molecule has 0 aromatic carbocycles. The number of rotatable bonds is 3. The summed E-state index contributed by atoms with van der Waals surface area (Å²) in [5, 5.41) is 14.8. The Balaban J connectivity index is 1.31. The highest BCUT2D eigenvalue weighted by Gasteiger charge is 2.60. The van der Waals surface area contributed by atoms with E-state index >= 15 is 0 Å². The van der Waals surface area contributed by atoms with Gasteiger partial charge in [-0.1, -0.05) is 13.8 Å². The first-order chi connectivity index (χ1) is 15.3. The first kappa shape index (κ1) is 22.1. The van der Waals surface area contributed by atoms with Gasteiger partial charge in [-0.3, -0.25) is 9.78 Å². The van der Waals surface area contributed by atoms with Crippen LogP contribution in [-0.4, -0.2) is 27.8 Å². The summed E-state index contributed by atoms with van der Waals surface area (Å²) in [6, 6.07) is 3.44. The first-order valence-electron chi connectivity index (χ1n) is 12.8. The summed E-state index contributed by atoms with van der Waals surface area (Å²) < 4.78 is 0. The van der Waals surface area contributed by atoms with Gasteiger partial charge < -0.3 is 5.11 Å². The lowest BCUT2D eigenvalue weighted by Crippen LogP contribution is -2.54. The summed E-state index contributed by atoms with van der Waals surface area (Å²) in [6.07, 6.45) is 14.1. The number of hydrogen-bond donors (Lipinski definition) is 2. The fourth-order valence-electron chi connectivity index (χ4n) is 8.71. The molecule has 0 bridgehead atoms. The molecule has 32 heavy (non-hydrogen) atoms. The van der Waals surface area contributed by atoms with Crippen LogP contribution < -0.4 is 5.43 Å². The molecule has 4 fully saturated rings. The maximum absolute atomic E-state index is 12.4. The van der Waals surface area contributed by atoms with Crippen LogP contribution in [0.1, 0.15) is 88.9 Å². The Kier molecular flexibility index (Phi) is 5.68. The van der Waals surface area contributed by atoms with E-state index in [1.165, 1.54) is 44.9 Å². The molecular formula is C27H39N3O2. The van der Waals surface area contributed by atoms with E-state index in [0.29, 0.717) is 22.8 Å². The number of aliphatic hydroxyl groups excluding tert-OH is 1. The molecule has 4 aliphatic carbocycles. The van der Waals surface area contributed by atoms with Crippen molar-refractivity contribution >= 4 is 11.6 Å². The topological polar surface area (TPSA) is 74.6 Å². The molecule has 0 radical (unpaired) electrons. The third-order valence-electron chi connectivity index (χ3n) is 10.4. The van der Waals surface area contributed by atoms with Gasteiger partial charge in [0, 0.05) is 29.6 Å². The van der Waals surface area contributed by atoms with Crippen LogP contribution in [0.4, 0.5) is 0 Å². The van der Waals surface area contributed by atoms with E-state index in [-0.39, 0.29) is 17.4 Å². The van der Waals surface area contributed by atoms with Crippen molar-refractivity contribution in [2.75, 3.05) is 0 Å². The highest BCUT2D eigenvalue weighted by atomic mass is 16.3. The lowest BCUT2D eigenvalue weighted by molar-refractivity contribution is -0.123. The fraction of sp³-hybridized carbons (Fsp3) is 0.741. The second-order valence-corrected chi connectivity index (χ2v) is 11.7. The van der Waals surface area contributed by atoms with Crippen LogP contribution in [0.25, 0.3) is 0 Å². The molecule has 8 atom stereocenters. The average molecular weight is 438 g/mol. The molecule has 4 aliphatic rings. The minimum Gasteiger partial charge on any atom is -0.393 e. The third-order valence-corrected chi connectivity index (χ3v) is 10.4. The molecular weight excluding hydrogens is 398 g/mol. The number of carbonyl (C=O) groups excluding carboxylic acids is 1. The van der Waals surface area contributed by atoms with Crippen LogP contribution in [-0.2, 0) is 0 Å². The Morgan fingerprint density at radius 3 is 2.53 bits per heavy atom. The maximum atomic E-state index is 12.4. The molecule has 0 aliphatic heterocycles. The van der Waals surface area contributed by atoms with Crippen molar-refractivity contribution in [1.29, 1.82) is 0 Å². The smallest absolute Gasteiger partial charge is 0.271 e. The molecule has 1 aromatic heterocycles. The number of amides is 1. The Morgan fingerprint density at radius 1 is 1.03 bits per heavy atom. The fourth-order valence-corrected chi connectivity index (χ4v) is 8.71. The lowest BCUT2D eigenvalue weighted by atomic mass is 9.44. The van der Waals surface area contributed by atoms with Crippen LogP contribution in [0.3, 0.4) is 0 Å². The molecule has 5 rings (SSSR count). The number of carbonyl (C=O) groups is 1. The highest BCUT2D eigenvalue weighted by molar-refractivity contribution is 5.95. The number of aromatic nitrogens is 1. The summed E-state index contributed by atoms with van der Waals surface area (Å²) in [4.78, 5) is 16.4. The Bertz CT molecular complexity index is 886. The quantitative estimate of drug-likeness (QED) is 0.504. The predicted molar refractivity (Wildman–Crippen MR) is 126 cm³/mol. The van der Waals surface area contributed by atoms with E-state index in [1.807, 2.05) is 0 Å². The minimum absolute atomic E-state index is 0.0736. The minimum atomic E-state index is -0.166. The molecule has 2 N–H and O–H groups in total. The van der Waals surface area contributed by atoms with Crippen molar-refractivity contribution in [1.82, 2.24) is 10.4 Å². The lowest BCUT2D eigenvalue weighted by Gasteiger charge is -2.61. The second-order valence-electron chi connectivity index (χ2n) is 11.7. The van der Waals surface area contributed by atoms with Gasteiger partial charge in [-0.25, -0.2) is 5.43 Å². The van der Waals surface area contributed by atoms with Crippen LogP contribution in [0.15, 0.2) is 29.6 Å². The van der Waals surface area contributed by atoms with Gasteiger partial charge in [0.1, 0.15) is 0 Å². The van der Waals surface area contributed by atoms with Crippen LogP contribution in [0.2, 0.25) is 0 Å². The zero-order chi connectivity index (χ0) is 22.5. The summed E-state index contributed by atoms with van der Waals surface area (Å²) in [6.45, 7) is 7.17. The largest absolute Gasteiger partial charge is 0.393 e. The van der Waals surface area contributed by atoms with Crippen molar-refractivity contribution < 1.29 is 9.90 Å². The second kappa shape index (κ2) is 8.23. The zero-order valence-electron chi connectivity index (χ0n) is 19.9. The van der Waals surface area contributed by atoms with Crippen molar-refractivity contribution in [3.05, 3.63) is 30.1 Å². The van der Waals surface area contributed by atoms with Gasteiger partial charge in [0.25, 0.3) is 5.91 Å². The molecule has 5 nitrogen and oxygen atoms in total. The molecule has 1 amide bonds. The molecule has 174 valence electrons.